The summed E-state index contributed by atoms with van der Waals surface area (Å²) < 4.78 is 19.9. The van der Waals surface area contributed by atoms with E-state index in [0.717, 1.165) is 30.8 Å². The van der Waals surface area contributed by atoms with E-state index in [4.69, 9.17) is 4.74 Å². The van der Waals surface area contributed by atoms with Crippen LogP contribution in [-0.2, 0) is 0 Å². The Kier molecular flexibility index (Phi) is 7.66. The molecule has 3 heterocycles. The molecule has 4 aromatic rings. The van der Waals surface area contributed by atoms with Crippen LogP contribution in [0.3, 0.4) is 0 Å². The molecule has 0 unspecified atom stereocenters. The topological polar surface area (TPSA) is 107 Å². The smallest absolute Gasteiger partial charge is 0.274 e. The fourth-order valence-corrected chi connectivity index (χ4v) is 4.82. The predicted molar refractivity (Wildman–Crippen MR) is 151 cm³/mol. The lowest BCUT2D eigenvalue weighted by Gasteiger charge is -2.45. The molecule has 1 N–H and O–H groups in total. The average Bonchev–Trinajstić information content (AvgIpc) is 2.96. The van der Waals surface area contributed by atoms with Gasteiger partial charge in [0.1, 0.15) is 17.3 Å². The number of halogens is 1. The van der Waals surface area contributed by atoms with Crippen molar-refractivity contribution >= 4 is 17.3 Å². The summed E-state index contributed by atoms with van der Waals surface area (Å²) in [7, 11) is 5.49. The summed E-state index contributed by atoms with van der Waals surface area (Å²) in [4.78, 5) is 30.5. The number of nitrogens with one attached hydrogen (secondary N) is 1. The molecule has 5 rings (SSSR count). The maximum absolute atomic E-state index is 14.7. The van der Waals surface area contributed by atoms with Gasteiger partial charge in [0.15, 0.2) is 5.82 Å². The first-order valence-corrected chi connectivity index (χ1v) is 12.8. The van der Waals surface area contributed by atoms with E-state index in [-0.39, 0.29) is 28.9 Å². The molecule has 2 aromatic carbocycles. The van der Waals surface area contributed by atoms with Crippen molar-refractivity contribution in [2.75, 3.05) is 44.5 Å². The summed E-state index contributed by atoms with van der Waals surface area (Å²) in [5.74, 6) is -0.691. The van der Waals surface area contributed by atoms with Gasteiger partial charge in [0.25, 0.3) is 5.91 Å². The highest BCUT2D eigenvalue weighted by Gasteiger charge is 2.31. The number of amides is 1. The highest BCUT2D eigenvalue weighted by molar-refractivity contribution is 6.05. The van der Waals surface area contributed by atoms with Gasteiger partial charge in [-0.25, -0.2) is 14.4 Å². The third-order valence-electron chi connectivity index (χ3n) is 6.83. The quantitative estimate of drug-likeness (QED) is 0.347. The Morgan fingerprint density at radius 2 is 2.08 bits per heavy atom. The van der Waals surface area contributed by atoms with Crippen LogP contribution in [0.2, 0.25) is 0 Å². The first-order valence-electron chi connectivity index (χ1n) is 12.8. The average molecular weight is 538 g/mol. The molecule has 40 heavy (non-hydrogen) atoms. The minimum absolute atomic E-state index is 0.0487. The number of rotatable bonds is 8. The number of methoxy groups -OCH3 is 1. The van der Waals surface area contributed by atoms with Crippen LogP contribution < -0.4 is 15.0 Å². The fraction of sp³-hybridized carbons (Fsp3) is 0.233. The summed E-state index contributed by atoms with van der Waals surface area (Å²) in [6.45, 7) is 1.68. The SMILES string of the molecule is COc1cccc(F)c1-c1nccc(C(=O)Nc2ccc(-c3cnccc3C#N)cc2N2CC[C@@H]2CN(C)C)n1. The Labute approximate surface area is 231 Å². The van der Waals surface area contributed by atoms with Crippen molar-refractivity contribution in [3.05, 3.63) is 84.2 Å². The number of carbonyl (C=O) groups excluding carboxylic acids is 1. The van der Waals surface area contributed by atoms with E-state index in [0.29, 0.717) is 16.8 Å². The molecule has 1 atom stereocenters. The number of hydrogen-bond donors (Lipinski definition) is 1. The molecule has 0 saturated carbocycles. The van der Waals surface area contributed by atoms with E-state index in [2.05, 4.69) is 36.1 Å². The van der Waals surface area contributed by atoms with E-state index < -0.39 is 11.7 Å². The maximum atomic E-state index is 14.7. The predicted octanol–water partition coefficient (Wildman–Crippen LogP) is 4.62. The maximum Gasteiger partial charge on any atom is 0.274 e. The number of benzene rings is 2. The Balaban J connectivity index is 1.50. The van der Waals surface area contributed by atoms with E-state index >= 15 is 0 Å². The van der Waals surface area contributed by atoms with Crippen molar-refractivity contribution in [1.82, 2.24) is 19.9 Å². The monoisotopic (exact) mass is 537 g/mol. The van der Waals surface area contributed by atoms with E-state index in [1.54, 1.807) is 24.5 Å². The van der Waals surface area contributed by atoms with Crippen molar-refractivity contribution in [1.29, 1.82) is 5.26 Å². The first-order chi connectivity index (χ1) is 19.4. The lowest BCUT2D eigenvalue weighted by Crippen LogP contribution is -2.53. The van der Waals surface area contributed by atoms with Gasteiger partial charge in [0.05, 0.1) is 35.7 Å². The summed E-state index contributed by atoms with van der Waals surface area (Å²) in [5.41, 5.74) is 3.66. The summed E-state index contributed by atoms with van der Waals surface area (Å²) >= 11 is 0. The third kappa shape index (κ3) is 5.32. The molecule has 202 valence electrons. The number of nitrogens with zero attached hydrogens (tertiary/aromatic N) is 6. The van der Waals surface area contributed by atoms with Gasteiger partial charge in [-0.1, -0.05) is 12.1 Å². The zero-order chi connectivity index (χ0) is 28.2. The van der Waals surface area contributed by atoms with Crippen molar-refractivity contribution < 1.29 is 13.9 Å². The molecule has 1 amide bonds. The number of nitriles is 1. The van der Waals surface area contributed by atoms with E-state index in [9.17, 15) is 14.4 Å². The Bertz CT molecular complexity index is 1600. The number of anilines is 2. The van der Waals surface area contributed by atoms with Crippen molar-refractivity contribution in [2.45, 2.75) is 12.5 Å². The first kappa shape index (κ1) is 26.7. The molecule has 0 radical (unpaired) electrons. The van der Waals surface area contributed by atoms with Gasteiger partial charge < -0.3 is 19.9 Å². The number of pyridine rings is 1. The summed E-state index contributed by atoms with van der Waals surface area (Å²) in [5, 5.41) is 12.6. The van der Waals surface area contributed by atoms with Crippen LogP contribution in [0.15, 0.2) is 67.1 Å². The molecule has 1 aliphatic rings. The molecule has 2 aromatic heterocycles. The second kappa shape index (κ2) is 11.5. The molecular formula is C30H28FN7O2. The molecule has 0 aliphatic carbocycles. The number of ether oxygens (including phenoxy) is 1. The van der Waals surface area contributed by atoms with Crippen LogP contribution in [0.4, 0.5) is 15.8 Å². The Morgan fingerprint density at radius 3 is 2.80 bits per heavy atom. The number of hydrogen-bond acceptors (Lipinski definition) is 8. The fourth-order valence-electron chi connectivity index (χ4n) is 4.82. The minimum Gasteiger partial charge on any atom is -0.496 e. The van der Waals surface area contributed by atoms with Gasteiger partial charge in [-0.2, -0.15) is 5.26 Å². The molecule has 1 fully saturated rings. The summed E-state index contributed by atoms with van der Waals surface area (Å²) in [6.07, 6.45) is 5.70. The Hall–Kier alpha value is -4.88. The molecule has 1 saturated heterocycles. The van der Waals surface area contributed by atoms with Crippen LogP contribution in [0.25, 0.3) is 22.5 Å². The second-order valence-electron chi connectivity index (χ2n) is 9.70. The van der Waals surface area contributed by atoms with Gasteiger partial charge in [0, 0.05) is 43.3 Å². The van der Waals surface area contributed by atoms with E-state index in [1.165, 1.54) is 31.5 Å². The highest BCUT2D eigenvalue weighted by Crippen LogP contribution is 2.38. The molecule has 1 aliphatic heterocycles. The molecule has 10 heteroatoms. The van der Waals surface area contributed by atoms with Gasteiger partial charge in [-0.15, -0.1) is 0 Å². The van der Waals surface area contributed by atoms with Crippen LogP contribution in [0.1, 0.15) is 22.5 Å². The zero-order valence-electron chi connectivity index (χ0n) is 22.4. The van der Waals surface area contributed by atoms with Crippen LogP contribution >= 0.6 is 0 Å². The largest absolute Gasteiger partial charge is 0.496 e. The van der Waals surface area contributed by atoms with Crippen LogP contribution in [0.5, 0.6) is 5.75 Å². The lowest BCUT2D eigenvalue weighted by atomic mass is 9.97. The van der Waals surface area contributed by atoms with Gasteiger partial charge in [-0.3, -0.25) is 9.78 Å². The third-order valence-corrected chi connectivity index (χ3v) is 6.83. The Morgan fingerprint density at radius 1 is 1.23 bits per heavy atom. The van der Waals surface area contributed by atoms with Crippen molar-refractivity contribution in [2.24, 2.45) is 0 Å². The van der Waals surface area contributed by atoms with Crippen LogP contribution in [-0.4, -0.2) is 66.1 Å². The normalized spacial score (nSPS) is 14.4. The second-order valence-corrected chi connectivity index (χ2v) is 9.70. The van der Waals surface area contributed by atoms with Gasteiger partial charge in [-0.05, 0) is 62.5 Å². The van der Waals surface area contributed by atoms with Gasteiger partial charge >= 0.3 is 0 Å². The number of carbonyl (C=O) groups is 1. The van der Waals surface area contributed by atoms with Crippen molar-refractivity contribution in [3.8, 4) is 34.3 Å². The number of likely N-dealkylation sites (N-methyl/N-ethyl adjacent to an activating group) is 1. The molecule has 0 spiro atoms. The van der Waals surface area contributed by atoms with E-state index in [1.807, 2.05) is 32.3 Å². The van der Waals surface area contributed by atoms with Gasteiger partial charge in [0.2, 0.25) is 0 Å². The molecular weight excluding hydrogens is 509 g/mol. The number of aromatic nitrogens is 3. The standard InChI is InChI=1S/C30H28FN7O2/c1-37(2)18-21-11-14-38(21)26-15-19(22-17-33-12-9-20(22)16-32)7-8-24(26)36-30(39)25-10-13-34-29(35-25)28-23(31)5-4-6-27(28)40-3/h4-10,12-13,15,17,21H,11,14,18H2,1-3H3,(H,36,39)/t21-/m1/s1. The molecule has 9 nitrogen and oxygen atoms in total. The van der Waals surface area contributed by atoms with Crippen molar-refractivity contribution in [3.63, 3.8) is 0 Å². The highest BCUT2D eigenvalue weighted by atomic mass is 19.1. The van der Waals surface area contributed by atoms with Crippen LogP contribution in [0, 0.1) is 17.1 Å². The lowest BCUT2D eigenvalue weighted by molar-refractivity contribution is 0.102. The molecule has 0 bridgehead atoms. The minimum atomic E-state index is -0.549. The summed E-state index contributed by atoms with van der Waals surface area (Å²) in [6, 6.07) is 15.7. The zero-order valence-corrected chi connectivity index (χ0v) is 22.4.